The fourth-order valence-corrected chi connectivity index (χ4v) is 5.39. The number of aliphatic hydroxyl groups is 1. The number of thiophene rings is 1. The third-order valence-corrected chi connectivity index (χ3v) is 7.14. The number of ketones is 1. The molecule has 7 nitrogen and oxygen atoms in total. The molecule has 31 heavy (non-hydrogen) atoms. The summed E-state index contributed by atoms with van der Waals surface area (Å²) in [5.41, 5.74) is 1.50. The smallest absolute Gasteiger partial charge is 0.341 e. The van der Waals surface area contributed by atoms with Crippen molar-refractivity contribution in [3.05, 3.63) is 62.5 Å². The summed E-state index contributed by atoms with van der Waals surface area (Å²) in [6.07, 6.45) is 5.27. The van der Waals surface area contributed by atoms with Gasteiger partial charge in [0.15, 0.2) is 11.5 Å². The highest BCUT2D eigenvalue weighted by atomic mass is 32.1. The van der Waals surface area contributed by atoms with Crippen LogP contribution >= 0.6 is 11.3 Å². The van der Waals surface area contributed by atoms with Crippen LogP contribution in [0.5, 0.6) is 5.75 Å². The lowest BCUT2D eigenvalue weighted by Crippen LogP contribution is -2.19. The molecule has 2 heterocycles. The SMILES string of the molecule is COc1c(-c2cc3c(s2)CC/C(=C\O)C3=O)ccc2c(=O)c(C(=O)O)cn(C3CC3)c12. The molecular weight excluding hydrogens is 418 g/mol. The van der Waals surface area contributed by atoms with Gasteiger partial charge in [0, 0.05) is 38.7 Å². The van der Waals surface area contributed by atoms with E-state index in [4.69, 9.17) is 4.74 Å². The van der Waals surface area contributed by atoms with Crippen LogP contribution in [0.4, 0.5) is 0 Å². The van der Waals surface area contributed by atoms with E-state index in [0.717, 1.165) is 34.4 Å². The molecule has 0 aliphatic heterocycles. The molecule has 2 aliphatic rings. The second kappa shape index (κ2) is 7.09. The van der Waals surface area contributed by atoms with Crippen molar-refractivity contribution in [3.63, 3.8) is 0 Å². The van der Waals surface area contributed by atoms with Gasteiger partial charge in [0.1, 0.15) is 5.56 Å². The van der Waals surface area contributed by atoms with Crippen molar-refractivity contribution in [2.75, 3.05) is 7.11 Å². The number of fused-ring (bicyclic) bond motifs is 2. The maximum atomic E-state index is 12.8. The highest BCUT2D eigenvalue weighted by molar-refractivity contribution is 7.16. The van der Waals surface area contributed by atoms with Crippen molar-refractivity contribution in [1.29, 1.82) is 0 Å². The Morgan fingerprint density at radius 1 is 1.23 bits per heavy atom. The van der Waals surface area contributed by atoms with Crippen LogP contribution in [-0.4, -0.2) is 33.6 Å². The molecule has 0 saturated heterocycles. The molecular formula is C23H19NO6S. The van der Waals surface area contributed by atoms with Gasteiger partial charge in [-0.1, -0.05) is 0 Å². The number of Topliss-reactive ketones (excluding diaryl/α,β-unsaturated/α-hetero) is 1. The minimum Gasteiger partial charge on any atom is -0.515 e. The lowest BCUT2D eigenvalue weighted by Gasteiger charge is -2.17. The molecule has 1 aromatic carbocycles. The van der Waals surface area contributed by atoms with Gasteiger partial charge in [0.2, 0.25) is 5.43 Å². The Bertz CT molecular complexity index is 1360. The number of ether oxygens (including phenoxy) is 1. The number of methoxy groups -OCH3 is 1. The number of aromatic nitrogens is 1. The first-order chi connectivity index (χ1) is 14.9. The molecule has 0 unspecified atom stereocenters. The third-order valence-electron chi connectivity index (χ3n) is 5.91. The van der Waals surface area contributed by atoms with Gasteiger partial charge < -0.3 is 19.5 Å². The molecule has 158 valence electrons. The summed E-state index contributed by atoms with van der Waals surface area (Å²) in [5, 5.41) is 19.1. The number of aliphatic hydroxyl groups excluding tert-OH is 1. The summed E-state index contributed by atoms with van der Waals surface area (Å²) in [7, 11) is 1.52. The zero-order valence-corrected chi connectivity index (χ0v) is 17.5. The van der Waals surface area contributed by atoms with E-state index >= 15 is 0 Å². The molecule has 5 rings (SSSR count). The molecule has 1 saturated carbocycles. The van der Waals surface area contributed by atoms with Gasteiger partial charge in [-0.05, 0) is 43.9 Å². The van der Waals surface area contributed by atoms with Crippen molar-refractivity contribution >= 4 is 34.0 Å². The van der Waals surface area contributed by atoms with Gasteiger partial charge in [-0.2, -0.15) is 0 Å². The Morgan fingerprint density at radius 2 is 2.00 bits per heavy atom. The number of allylic oxidation sites excluding steroid dienone is 1. The Morgan fingerprint density at radius 3 is 2.65 bits per heavy atom. The van der Waals surface area contributed by atoms with Crippen LogP contribution in [0.3, 0.4) is 0 Å². The summed E-state index contributed by atoms with van der Waals surface area (Å²) in [6.45, 7) is 0. The zero-order valence-electron chi connectivity index (χ0n) is 16.7. The summed E-state index contributed by atoms with van der Waals surface area (Å²) in [6, 6.07) is 5.32. The van der Waals surface area contributed by atoms with Crippen LogP contribution < -0.4 is 10.2 Å². The monoisotopic (exact) mass is 437 g/mol. The number of aryl methyl sites for hydroxylation is 1. The lowest BCUT2D eigenvalue weighted by atomic mass is 9.93. The maximum absolute atomic E-state index is 12.8. The minimum absolute atomic E-state index is 0.126. The van der Waals surface area contributed by atoms with E-state index in [2.05, 4.69) is 0 Å². The number of carbonyl (C=O) groups excluding carboxylic acids is 1. The van der Waals surface area contributed by atoms with E-state index in [9.17, 15) is 24.6 Å². The van der Waals surface area contributed by atoms with Crippen LogP contribution in [0.25, 0.3) is 21.3 Å². The first-order valence-electron chi connectivity index (χ1n) is 9.94. The molecule has 0 spiro atoms. The number of carboxylic acid groups (broad SMARTS) is 1. The highest BCUT2D eigenvalue weighted by Gasteiger charge is 2.30. The highest BCUT2D eigenvalue weighted by Crippen LogP contribution is 2.45. The predicted octanol–water partition coefficient (Wildman–Crippen LogP) is 4.34. The second-order valence-electron chi connectivity index (χ2n) is 7.79. The quantitative estimate of drug-likeness (QED) is 0.465. The summed E-state index contributed by atoms with van der Waals surface area (Å²) < 4.78 is 7.59. The molecule has 0 atom stereocenters. The fourth-order valence-electron chi connectivity index (χ4n) is 4.21. The molecule has 2 aliphatic carbocycles. The van der Waals surface area contributed by atoms with Crippen LogP contribution in [-0.2, 0) is 6.42 Å². The Labute approximate surface area is 180 Å². The minimum atomic E-state index is -1.25. The largest absolute Gasteiger partial charge is 0.515 e. The summed E-state index contributed by atoms with van der Waals surface area (Å²) >= 11 is 1.49. The number of carbonyl (C=O) groups is 2. The number of hydrogen-bond donors (Lipinski definition) is 2. The standard InChI is InChI=1S/C23H19NO6S/c1-30-22-13(18-8-15-17(31-18)7-2-11(10-25)20(15)26)5-6-14-19(22)24(12-3-4-12)9-16(21(14)27)23(28)29/h5-6,8-10,12,25H,2-4,7H2,1H3,(H,28,29)/b11-10+. The topological polar surface area (TPSA) is 106 Å². The third kappa shape index (κ3) is 2.97. The zero-order chi connectivity index (χ0) is 21.9. The van der Waals surface area contributed by atoms with E-state index < -0.39 is 11.4 Å². The molecule has 8 heteroatoms. The number of rotatable bonds is 4. The number of aromatic carboxylic acids is 1. The van der Waals surface area contributed by atoms with E-state index in [-0.39, 0.29) is 17.4 Å². The number of nitrogens with zero attached hydrogens (tertiary/aromatic N) is 1. The molecule has 0 bridgehead atoms. The number of carboxylic acids is 1. The van der Waals surface area contributed by atoms with Gasteiger partial charge in [-0.15, -0.1) is 11.3 Å². The molecule has 0 radical (unpaired) electrons. The van der Waals surface area contributed by atoms with Crippen molar-refractivity contribution in [2.24, 2.45) is 0 Å². The van der Waals surface area contributed by atoms with Gasteiger partial charge in [0.25, 0.3) is 0 Å². The van der Waals surface area contributed by atoms with Crippen LogP contribution in [0.15, 0.2) is 41.0 Å². The lowest BCUT2D eigenvalue weighted by molar-refractivity contribution is 0.0694. The predicted molar refractivity (Wildman–Crippen MR) is 117 cm³/mol. The molecule has 2 aromatic heterocycles. The maximum Gasteiger partial charge on any atom is 0.341 e. The summed E-state index contributed by atoms with van der Waals surface area (Å²) in [5.74, 6) is -0.934. The van der Waals surface area contributed by atoms with E-state index in [1.165, 1.54) is 24.6 Å². The average Bonchev–Trinajstić information content (AvgIpc) is 3.51. The molecule has 3 aromatic rings. The van der Waals surface area contributed by atoms with Crippen molar-refractivity contribution < 1.29 is 24.5 Å². The average molecular weight is 437 g/mol. The van der Waals surface area contributed by atoms with Crippen LogP contribution in [0, 0.1) is 0 Å². The molecule has 1 fully saturated rings. The Hall–Kier alpha value is -3.39. The van der Waals surface area contributed by atoms with E-state index in [1.807, 2.05) is 4.57 Å². The summed E-state index contributed by atoms with van der Waals surface area (Å²) in [4.78, 5) is 38.8. The molecule has 2 N–H and O–H groups in total. The Balaban J connectivity index is 1.76. The van der Waals surface area contributed by atoms with E-state index in [1.54, 1.807) is 18.2 Å². The van der Waals surface area contributed by atoms with Crippen molar-refractivity contribution in [1.82, 2.24) is 4.57 Å². The Kier molecular flexibility index (Phi) is 4.48. The first-order valence-corrected chi connectivity index (χ1v) is 10.8. The number of hydrogen-bond acceptors (Lipinski definition) is 6. The fraction of sp³-hybridized carbons (Fsp3) is 0.261. The van der Waals surface area contributed by atoms with Gasteiger partial charge in [-0.3, -0.25) is 9.59 Å². The first kappa shape index (κ1) is 19.6. The number of benzene rings is 1. The van der Waals surface area contributed by atoms with E-state index in [0.29, 0.717) is 40.6 Å². The van der Waals surface area contributed by atoms with Gasteiger partial charge in [-0.25, -0.2) is 4.79 Å². The normalized spacial score (nSPS) is 17.2. The number of pyridine rings is 1. The molecule has 0 amide bonds. The van der Waals surface area contributed by atoms with Gasteiger partial charge in [0.05, 0.1) is 24.3 Å². The van der Waals surface area contributed by atoms with Crippen LogP contribution in [0.1, 0.15) is 50.9 Å². The van der Waals surface area contributed by atoms with Crippen molar-refractivity contribution in [2.45, 2.75) is 31.7 Å². The second-order valence-corrected chi connectivity index (χ2v) is 8.93. The van der Waals surface area contributed by atoms with Crippen molar-refractivity contribution in [3.8, 4) is 16.2 Å². The van der Waals surface area contributed by atoms with Gasteiger partial charge >= 0.3 is 5.97 Å². The van der Waals surface area contributed by atoms with Crippen LogP contribution in [0.2, 0.25) is 0 Å².